The van der Waals surface area contributed by atoms with Crippen molar-refractivity contribution < 1.29 is 0 Å². The average molecular weight is 943 g/mol. The lowest BCUT2D eigenvalue weighted by Gasteiger charge is -2.32. The summed E-state index contributed by atoms with van der Waals surface area (Å²) >= 11 is 0. The van der Waals surface area contributed by atoms with E-state index in [4.69, 9.17) is 0 Å². The monoisotopic (exact) mass is 943 g/mol. The first-order valence-electron chi connectivity index (χ1n) is 24.8. The van der Waals surface area contributed by atoms with Gasteiger partial charge in [-0.05, 0) is 151 Å². The van der Waals surface area contributed by atoms with Crippen molar-refractivity contribution in [1.29, 1.82) is 0 Å². The standard InChI is InChI=1S/C63H93P3/c1-55(2,3)43-31-46(58(10,11)12)52(47(32-43)59(13,14)15)64-37-40-28-41(38-65-53-48(60(16,17)18)33-44(56(4,5)6)34-49(53)61(19,20)21)30-42(29-40)39-66-54-50(62(22,23)24)35-45(57(7,8)9)36-51(54)63(25,26)27/h28-39H,1-27H3. The lowest BCUT2D eigenvalue weighted by molar-refractivity contribution is 0.553. The van der Waals surface area contributed by atoms with Crippen LogP contribution in [0.4, 0.5) is 0 Å². The molecule has 4 rings (SSSR count). The molecule has 0 saturated heterocycles. The van der Waals surface area contributed by atoms with Crippen LogP contribution in [0.1, 0.15) is 254 Å². The first kappa shape index (κ1) is 56.0. The molecule has 0 aromatic heterocycles. The first-order valence-corrected chi connectivity index (χ1v) is 27.6. The van der Waals surface area contributed by atoms with Crippen LogP contribution in [0.15, 0.2) is 54.6 Å². The third-order valence-corrected chi connectivity index (χ3v) is 16.3. The van der Waals surface area contributed by atoms with Gasteiger partial charge in [-0.1, -0.05) is 248 Å². The summed E-state index contributed by atoms with van der Waals surface area (Å²) < 4.78 is 0. The molecule has 0 fully saturated rings. The minimum Gasteiger partial charge on any atom is -0.0672 e. The minimum absolute atomic E-state index is 0.000117. The molecule has 4 aromatic rings. The normalized spacial score (nSPS) is 14.4. The molecule has 0 nitrogen and oxygen atoms in total. The zero-order valence-electron chi connectivity index (χ0n) is 47.3. The van der Waals surface area contributed by atoms with Gasteiger partial charge in [0.25, 0.3) is 0 Å². The van der Waals surface area contributed by atoms with E-state index in [0.717, 1.165) is 0 Å². The highest BCUT2D eigenvalue weighted by atomic mass is 31.1. The summed E-state index contributed by atoms with van der Waals surface area (Å²) in [7, 11) is 3.69. The smallest absolute Gasteiger partial charge is 0.00929 e. The van der Waals surface area contributed by atoms with Crippen molar-refractivity contribution in [3.8, 4) is 0 Å². The number of benzene rings is 4. The Morgan fingerprint density at radius 2 is 0.379 bits per heavy atom. The van der Waals surface area contributed by atoms with E-state index in [-0.39, 0.29) is 48.7 Å². The molecule has 0 aliphatic rings. The Kier molecular flexibility index (Phi) is 16.1. The lowest BCUT2D eigenvalue weighted by Crippen LogP contribution is -2.29. The van der Waals surface area contributed by atoms with Gasteiger partial charge in [0, 0.05) is 15.9 Å². The maximum atomic E-state index is 2.52. The Morgan fingerprint density at radius 1 is 0.227 bits per heavy atom. The quantitative estimate of drug-likeness (QED) is 0.169. The van der Waals surface area contributed by atoms with Crippen molar-refractivity contribution in [3.05, 3.63) is 121 Å². The third-order valence-electron chi connectivity index (χ3n) is 12.8. The Balaban J connectivity index is 2.13. The van der Waals surface area contributed by atoms with Gasteiger partial charge in [-0.25, -0.2) is 0 Å². The summed E-state index contributed by atoms with van der Waals surface area (Å²) in [6, 6.07) is 22.4. The van der Waals surface area contributed by atoms with Crippen molar-refractivity contribution in [1.82, 2.24) is 0 Å². The van der Waals surface area contributed by atoms with Crippen molar-refractivity contribution in [3.63, 3.8) is 0 Å². The van der Waals surface area contributed by atoms with Crippen molar-refractivity contribution >= 4 is 57.9 Å². The fraction of sp³-hybridized carbons (Fsp3) is 0.571. The van der Waals surface area contributed by atoms with E-state index in [1.54, 1.807) is 0 Å². The zero-order valence-corrected chi connectivity index (χ0v) is 50.0. The fourth-order valence-corrected chi connectivity index (χ4v) is 12.9. The van der Waals surface area contributed by atoms with Crippen LogP contribution in [0.3, 0.4) is 0 Å². The number of rotatable bonds is 6. The second-order valence-electron chi connectivity index (χ2n) is 28.7. The van der Waals surface area contributed by atoms with Gasteiger partial charge in [0.1, 0.15) is 0 Å². The van der Waals surface area contributed by atoms with Crippen molar-refractivity contribution in [2.24, 2.45) is 0 Å². The molecule has 0 N–H and O–H groups in total. The number of hydrogen-bond donors (Lipinski definition) is 0. The number of hydrogen-bond acceptors (Lipinski definition) is 0. The fourth-order valence-electron chi connectivity index (χ4n) is 8.39. The summed E-state index contributed by atoms with van der Waals surface area (Å²) in [5, 5.41) is 4.35. The largest absolute Gasteiger partial charge is 0.0672 e. The van der Waals surface area contributed by atoms with E-state index in [9.17, 15) is 0 Å². The van der Waals surface area contributed by atoms with Crippen LogP contribution < -0.4 is 15.9 Å². The summed E-state index contributed by atoms with van der Waals surface area (Å²) in [5.74, 6) is 7.49. The molecular weight excluding hydrogens is 850 g/mol. The van der Waals surface area contributed by atoms with Gasteiger partial charge in [-0.2, -0.15) is 0 Å². The molecule has 0 spiro atoms. The molecule has 0 aliphatic heterocycles. The molecule has 0 radical (unpaired) electrons. The van der Waals surface area contributed by atoms with Crippen LogP contribution in [0.25, 0.3) is 0 Å². The highest BCUT2D eigenvalue weighted by Crippen LogP contribution is 2.39. The van der Waals surface area contributed by atoms with Gasteiger partial charge in [0.05, 0.1) is 0 Å². The topological polar surface area (TPSA) is 0 Å². The Labute approximate surface area is 412 Å². The predicted molar refractivity (Wildman–Crippen MR) is 309 cm³/mol. The summed E-state index contributed by atoms with van der Waals surface area (Å²) in [6.07, 6.45) is 0. The molecule has 0 bridgehead atoms. The Hall–Kier alpha value is -2.61. The molecular formula is C63H93P3. The molecule has 0 aliphatic carbocycles. The second-order valence-corrected chi connectivity index (χ2v) is 31.6. The van der Waals surface area contributed by atoms with E-state index in [1.165, 1.54) is 107 Å². The van der Waals surface area contributed by atoms with E-state index in [2.05, 4.69) is 259 Å². The molecule has 0 atom stereocenters. The molecule has 4 aromatic carbocycles. The van der Waals surface area contributed by atoms with Crippen molar-refractivity contribution in [2.75, 3.05) is 0 Å². The van der Waals surface area contributed by atoms with Gasteiger partial charge in [0.15, 0.2) is 0 Å². The summed E-state index contributed by atoms with van der Waals surface area (Å²) in [6.45, 7) is 64.1. The average Bonchev–Trinajstić information content (AvgIpc) is 3.10. The van der Waals surface area contributed by atoms with E-state index < -0.39 is 0 Å². The second kappa shape index (κ2) is 19.0. The van der Waals surface area contributed by atoms with Crippen LogP contribution in [0.5, 0.6) is 0 Å². The molecule has 3 heteroatoms. The maximum Gasteiger partial charge on any atom is 0.00929 e. The molecule has 0 amide bonds. The van der Waals surface area contributed by atoms with E-state index in [1.807, 2.05) is 0 Å². The first-order chi connectivity index (χ1) is 29.4. The third kappa shape index (κ3) is 14.0. The Morgan fingerprint density at radius 3 is 0.500 bits per heavy atom. The van der Waals surface area contributed by atoms with Crippen LogP contribution in [-0.4, -0.2) is 17.4 Å². The summed E-state index contributed by atoms with van der Waals surface area (Å²) in [5.41, 5.74) is 17.0. The van der Waals surface area contributed by atoms with Crippen molar-refractivity contribution in [2.45, 2.75) is 236 Å². The van der Waals surface area contributed by atoms with Crippen LogP contribution >= 0.6 is 24.6 Å². The SMILES string of the molecule is CC(C)(C)c1cc(C(C)(C)C)c(P=Cc2cc(C=Pc3c(C(C)(C)C)cc(C(C)(C)C)cc3C(C)(C)C)cc(C=Pc3c(C(C)(C)C)cc(C(C)(C)C)cc3C(C)(C)C)c2)c(C(C)(C)C)c1. The highest BCUT2D eigenvalue weighted by Gasteiger charge is 2.32. The van der Waals surface area contributed by atoms with Gasteiger partial charge >= 0.3 is 0 Å². The molecule has 360 valence electrons. The molecule has 0 heterocycles. The van der Waals surface area contributed by atoms with Crippen LogP contribution in [0, 0.1) is 0 Å². The lowest BCUT2D eigenvalue weighted by atomic mass is 9.75. The van der Waals surface area contributed by atoms with E-state index >= 15 is 0 Å². The van der Waals surface area contributed by atoms with Crippen LogP contribution in [-0.2, 0) is 48.7 Å². The van der Waals surface area contributed by atoms with Gasteiger partial charge in [-0.3, -0.25) is 0 Å². The van der Waals surface area contributed by atoms with Gasteiger partial charge in [-0.15, -0.1) is 0 Å². The highest BCUT2D eigenvalue weighted by molar-refractivity contribution is 7.49. The Bertz CT molecular complexity index is 2090. The zero-order chi connectivity index (χ0) is 50.8. The molecule has 66 heavy (non-hydrogen) atoms. The molecule has 0 unspecified atom stereocenters. The van der Waals surface area contributed by atoms with Gasteiger partial charge < -0.3 is 0 Å². The maximum absolute atomic E-state index is 2.52. The van der Waals surface area contributed by atoms with Gasteiger partial charge in [0.2, 0.25) is 0 Å². The molecule has 0 saturated carbocycles. The predicted octanol–water partition coefficient (Wildman–Crippen LogP) is 17.6. The van der Waals surface area contributed by atoms with Crippen LogP contribution in [0.2, 0.25) is 0 Å². The minimum atomic E-state index is -0.000117. The van der Waals surface area contributed by atoms with E-state index in [0.29, 0.717) is 0 Å². The summed E-state index contributed by atoms with van der Waals surface area (Å²) in [4.78, 5) is 0.